The zero-order valence-corrected chi connectivity index (χ0v) is 11.4. The van der Waals surface area contributed by atoms with Gasteiger partial charge in [0.05, 0.1) is 0 Å². The largest absolute Gasteiger partial charge is 0.0620 e. The van der Waals surface area contributed by atoms with Gasteiger partial charge in [0.25, 0.3) is 0 Å². The van der Waals surface area contributed by atoms with Gasteiger partial charge in [0.2, 0.25) is 0 Å². The Hall–Kier alpha value is -1.56. The fourth-order valence-corrected chi connectivity index (χ4v) is 3.33. The van der Waals surface area contributed by atoms with E-state index in [1.165, 1.54) is 22.3 Å². The normalized spacial score (nSPS) is 16.2. The molecule has 2 aromatic rings. The van der Waals surface area contributed by atoms with E-state index >= 15 is 0 Å². The second-order valence-electron chi connectivity index (χ2n) is 5.85. The Morgan fingerprint density at radius 2 is 1.28 bits per heavy atom. The van der Waals surface area contributed by atoms with Gasteiger partial charge in [0.1, 0.15) is 0 Å². The number of hydrogen-bond donors (Lipinski definition) is 0. The van der Waals surface area contributed by atoms with Gasteiger partial charge >= 0.3 is 0 Å². The Kier molecular flexibility index (Phi) is 2.55. The van der Waals surface area contributed by atoms with Crippen LogP contribution in [0.5, 0.6) is 0 Å². The van der Waals surface area contributed by atoms with Crippen molar-refractivity contribution in [2.24, 2.45) is 5.92 Å². The van der Waals surface area contributed by atoms with E-state index in [0.29, 0.717) is 5.92 Å². The zero-order valence-electron chi connectivity index (χ0n) is 11.4. The summed E-state index contributed by atoms with van der Waals surface area (Å²) in [7, 11) is 0. The number of fused-ring (bicyclic) bond motifs is 2. The number of hydrogen-bond acceptors (Lipinski definition) is 0. The highest BCUT2D eigenvalue weighted by Crippen LogP contribution is 2.45. The molecule has 0 heteroatoms. The van der Waals surface area contributed by atoms with Crippen LogP contribution in [0.2, 0.25) is 0 Å². The Morgan fingerprint density at radius 3 is 1.72 bits per heavy atom. The first-order valence-corrected chi connectivity index (χ1v) is 6.81. The lowest BCUT2D eigenvalue weighted by molar-refractivity contribution is 0.394. The lowest BCUT2D eigenvalue weighted by atomic mass is 9.62. The molecule has 92 valence electrons. The van der Waals surface area contributed by atoms with E-state index in [1.807, 2.05) is 0 Å². The van der Waals surface area contributed by atoms with E-state index in [-0.39, 0.29) is 5.41 Å². The van der Waals surface area contributed by atoms with Crippen molar-refractivity contribution in [1.29, 1.82) is 0 Å². The summed E-state index contributed by atoms with van der Waals surface area (Å²) in [5.74, 6) is 0.597. The second kappa shape index (κ2) is 3.98. The minimum Gasteiger partial charge on any atom is -0.0620 e. The molecular weight excluding hydrogens is 216 g/mol. The minimum absolute atomic E-state index is 0.144. The minimum atomic E-state index is 0.144. The molecule has 0 saturated carbocycles. The first kappa shape index (κ1) is 11.5. The van der Waals surface area contributed by atoms with Gasteiger partial charge in [0, 0.05) is 5.41 Å². The predicted molar refractivity (Wildman–Crippen MR) is 77.0 cm³/mol. The summed E-state index contributed by atoms with van der Waals surface area (Å²) in [5, 5.41) is 0. The van der Waals surface area contributed by atoms with Crippen molar-refractivity contribution in [3.05, 3.63) is 70.8 Å². The average Bonchev–Trinajstić information content (AvgIpc) is 2.39. The van der Waals surface area contributed by atoms with Crippen LogP contribution in [0.15, 0.2) is 48.5 Å². The van der Waals surface area contributed by atoms with Crippen LogP contribution >= 0.6 is 0 Å². The third kappa shape index (κ3) is 1.45. The van der Waals surface area contributed by atoms with E-state index < -0.39 is 0 Å². The van der Waals surface area contributed by atoms with Crippen molar-refractivity contribution < 1.29 is 0 Å². The molecule has 0 N–H and O–H groups in total. The van der Waals surface area contributed by atoms with Crippen molar-refractivity contribution in [3.8, 4) is 0 Å². The molecule has 0 atom stereocenters. The molecule has 0 nitrogen and oxygen atoms in total. The fraction of sp³-hybridized carbons (Fsp3) is 0.333. The monoisotopic (exact) mass is 236 g/mol. The van der Waals surface area contributed by atoms with Gasteiger partial charge in [-0.15, -0.1) is 0 Å². The maximum absolute atomic E-state index is 2.40. The molecule has 0 amide bonds. The van der Waals surface area contributed by atoms with Gasteiger partial charge in [-0.25, -0.2) is 0 Å². The SMILES string of the molecule is CC(C)C1(C)c2ccccc2Cc2ccccc21. The molecule has 0 saturated heterocycles. The third-order valence-electron chi connectivity index (χ3n) is 4.69. The molecule has 0 bridgehead atoms. The molecule has 0 aromatic heterocycles. The predicted octanol–water partition coefficient (Wildman–Crippen LogP) is 4.55. The van der Waals surface area contributed by atoms with Crippen LogP contribution in [0.3, 0.4) is 0 Å². The molecular formula is C18H20. The summed E-state index contributed by atoms with van der Waals surface area (Å²) in [6.45, 7) is 7.06. The van der Waals surface area contributed by atoms with Gasteiger partial charge < -0.3 is 0 Å². The zero-order chi connectivity index (χ0) is 12.8. The maximum Gasteiger partial charge on any atom is 0.0203 e. The lowest BCUT2D eigenvalue weighted by Crippen LogP contribution is -2.35. The van der Waals surface area contributed by atoms with Crippen LogP contribution in [0.1, 0.15) is 43.0 Å². The van der Waals surface area contributed by atoms with E-state index in [4.69, 9.17) is 0 Å². The Labute approximate surface area is 110 Å². The number of rotatable bonds is 1. The molecule has 0 spiro atoms. The molecule has 0 fully saturated rings. The van der Waals surface area contributed by atoms with Crippen LogP contribution in [0, 0.1) is 5.92 Å². The second-order valence-corrected chi connectivity index (χ2v) is 5.85. The van der Waals surface area contributed by atoms with Gasteiger partial charge in [0.15, 0.2) is 0 Å². The molecule has 1 aliphatic rings. The quantitative estimate of drug-likeness (QED) is 0.681. The molecule has 0 radical (unpaired) electrons. The topological polar surface area (TPSA) is 0 Å². The summed E-state index contributed by atoms with van der Waals surface area (Å²) in [6.07, 6.45) is 1.08. The molecule has 0 heterocycles. The van der Waals surface area contributed by atoms with Crippen LogP contribution < -0.4 is 0 Å². The Balaban J connectivity index is 2.31. The van der Waals surface area contributed by atoms with Crippen LogP contribution in [-0.4, -0.2) is 0 Å². The van der Waals surface area contributed by atoms with Crippen LogP contribution in [0.25, 0.3) is 0 Å². The molecule has 0 unspecified atom stereocenters. The van der Waals surface area contributed by atoms with E-state index in [0.717, 1.165) is 6.42 Å². The Morgan fingerprint density at radius 1 is 0.833 bits per heavy atom. The molecule has 18 heavy (non-hydrogen) atoms. The standard InChI is InChI=1S/C18H20/c1-13(2)18(3)16-10-6-4-8-14(16)12-15-9-5-7-11-17(15)18/h4-11,13H,12H2,1-3H3. The summed E-state index contributed by atoms with van der Waals surface area (Å²) in [4.78, 5) is 0. The first-order valence-electron chi connectivity index (χ1n) is 6.81. The van der Waals surface area contributed by atoms with E-state index in [1.54, 1.807) is 0 Å². The van der Waals surface area contributed by atoms with Crippen molar-refractivity contribution in [2.75, 3.05) is 0 Å². The average molecular weight is 236 g/mol. The van der Waals surface area contributed by atoms with Crippen LogP contribution in [0.4, 0.5) is 0 Å². The van der Waals surface area contributed by atoms with Gasteiger partial charge in [-0.1, -0.05) is 69.3 Å². The Bertz CT molecular complexity index is 533. The first-order chi connectivity index (χ1) is 8.64. The highest BCUT2D eigenvalue weighted by atomic mass is 14.4. The molecule has 3 rings (SSSR count). The van der Waals surface area contributed by atoms with Gasteiger partial charge in [-0.2, -0.15) is 0 Å². The maximum atomic E-state index is 2.40. The van der Waals surface area contributed by atoms with Crippen molar-refractivity contribution in [1.82, 2.24) is 0 Å². The van der Waals surface area contributed by atoms with Crippen molar-refractivity contribution in [3.63, 3.8) is 0 Å². The molecule has 0 aliphatic heterocycles. The van der Waals surface area contributed by atoms with Crippen molar-refractivity contribution in [2.45, 2.75) is 32.6 Å². The van der Waals surface area contributed by atoms with E-state index in [9.17, 15) is 0 Å². The highest BCUT2D eigenvalue weighted by molar-refractivity contribution is 5.53. The highest BCUT2D eigenvalue weighted by Gasteiger charge is 2.38. The summed E-state index contributed by atoms with van der Waals surface area (Å²) >= 11 is 0. The van der Waals surface area contributed by atoms with Gasteiger partial charge in [-0.3, -0.25) is 0 Å². The van der Waals surface area contributed by atoms with Gasteiger partial charge in [-0.05, 0) is 34.6 Å². The summed E-state index contributed by atoms with van der Waals surface area (Å²) < 4.78 is 0. The van der Waals surface area contributed by atoms with Crippen LogP contribution in [-0.2, 0) is 11.8 Å². The molecule has 2 aromatic carbocycles. The fourth-order valence-electron chi connectivity index (χ4n) is 3.33. The lowest BCUT2D eigenvalue weighted by Gasteiger charge is -2.41. The third-order valence-corrected chi connectivity index (χ3v) is 4.69. The summed E-state index contributed by atoms with van der Waals surface area (Å²) in [5.41, 5.74) is 6.16. The summed E-state index contributed by atoms with van der Waals surface area (Å²) in [6, 6.07) is 17.9. The van der Waals surface area contributed by atoms with E-state index in [2.05, 4.69) is 69.3 Å². The molecule has 1 aliphatic carbocycles. The smallest absolute Gasteiger partial charge is 0.0203 e. The number of benzene rings is 2. The van der Waals surface area contributed by atoms with Crippen molar-refractivity contribution >= 4 is 0 Å².